The van der Waals surface area contributed by atoms with Crippen LogP contribution < -0.4 is 0 Å². The van der Waals surface area contributed by atoms with Gasteiger partial charge in [0.05, 0.1) is 11.5 Å². The highest BCUT2D eigenvalue weighted by molar-refractivity contribution is 7.91. The predicted molar refractivity (Wildman–Crippen MR) is 67.6 cm³/mol. The number of rotatable bonds is 4. The number of aliphatic hydroxyl groups is 1. The van der Waals surface area contributed by atoms with Crippen molar-refractivity contribution in [2.45, 2.75) is 25.7 Å². The van der Waals surface area contributed by atoms with E-state index in [-0.39, 0.29) is 24.2 Å². The van der Waals surface area contributed by atoms with Crippen molar-refractivity contribution in [1.82, 2.24) is 4.90 Å². The normalized spacial score (nSPS) is 31.5. The van der Waals surface area contributed by atoms with E-state index in [1.807, 2.05) is 0 Å². The van der Waals surface area contributed by atoms with E-state index >= 15 is 0 Å². The summed E-state index contributed by atoms with van der Waals surface area (Å²) in [5.41, 5.74) is 0. The molecule has 5 heteroatoms. The fraction of sp³-hybridized carbons (Fsp3) is 1.00. The third kappa shape index (κ3) is 3.66. The molecule has 2 rings (SSSR count). The van der Waals surface area contributed by atoms with Crippen LogP contribution in [0.2, 0.25) is 0 Å². The molecule has 2 atom stereocenters. The number of piperidine rings is 1. The monoisotopic (exact) mass is 261 g/mol. The fourth-order valence-electron chi connectivity index (χ4n) is 3.03. The summed E-state index contributed by atoms with van der Waals surface area (Å²) >= 11 is 0. The van der Waals surface area contributed by atoms with Crippen LogP contribution in [-0.4, -0.2) is 56.2 Å². The molecule has 4 nitrogen and oxygen atoms in total. The number of nitrogens with zero attached hydrogens (tertiary/aromatic N) is 1. The molecule has 0 bridgehead atoms. The standard InChI is InChI=1S/C12H23NO3S/c14-9-12(8-13-5-2-1-3-6-13)11-4-7-17(15,16)10-11/h11-12,14H,1-10H2. The van der Waals surface area contributed by atoms with E-state index in [2.05, 4.69) is 4.90 Å². The minimum Gasteiger partial charge on any atom is -0.396 e. The summed E-state index contributed by atoms with van der Waals surface area (Å²) in [5.74, 6) is 0.914. The first-order valence-electron chi connectivity index (χ1n) is 6.64. The highest BCUT2D eigenvalue weighted by Gasteiger charge is 2.34. The summed E-state index contributed by atoms with van der Waals surface area (Å²) in [6.07, 6.45) is 4.52. The summed E-state index contributed by atoms with van der Waals surface area (Å²) in [4.78, 5) is 2.38. The smallest absolute Gasteiger partial charge is 0.150 e. The number of likely N-dealkylation sites (tertiary alicyclic amines) is 1. The number of hydrogen-bond donors (Lipinski definition) is 1. The van der Waals surface area contributed by atoms with Gasteiger partial charge >= 0.3 is 0 Å². The Hall–Kier alpha value is -0.130. The molecule has 0 spiro atoms. The van der Waals surface area contributed by atoms with Crippen LogP contribution in [0, 0.1) is 11.8 Å². The van der Waals surface area contributed by atoms with Crippen molar-refractivity contribution in [1.29, 1.82) is 0 Å². The van der Waals surface area contributed by atoms with Gasteiger partial charge in [-0.2, -0.15) is 0 Å². The highest BCUT2D eigenvalue weighted by Crippen LogP contribution is 2.27. The van der Waals surface area contributed by atoms with Gasteiger partial charge < -0.3 is 10.0 Å². The van der Waals surface area contributed by atoms with Gasteiger partial charge in [-0.1, -0.05) is 6.42 Å². The Morgan fingerprint density at radius 1 is 1.24 bits per heavy atom. The van der Waals surface area contributed by atoms with Crippen LogP contribution in [-0.2, 0) is 9.84 Å². The van der Waals surface area contributed by atoms with Gasteiger partial charge in [0.1, 0.15) is 0 Å². The Balaban J connectivity index is 1.88. The molecule has 1 N–H and O–H groups in total. The SMILES string of the molecule is O=S1(=O)CCC(C(CO)CN2CCCCC2)C1. The van der Waals surface area contributed by atoms with Gasteiger partial charge in [0.25, 0.3) is 0 Å². The van der Waals surface area contributed by atoms with Crippen LogP contribution in [0.1, 0.15) is 25.7 Å². The number of sulfone groups is 1. The molecular weight excluding hydrogens is 238 g/mol. The van der Waals surface area contributed by atoms with Crippen molar-refractivity contribution in [2.75, 3.05) is 37.7 Å². The Bertz CT molecular complexity index is 336. The van der Waals surface area contributed by atoms with Crippen LogP contribution in [0.5, 0.6) is 0 Å². The molecule has 0 radical (unpaired) electrons. The molecule has 2 aliphatic rings. The van der Waals surface area contributed by atoms with Gasteiger partial charge in [-0.15, -0.1) is 0 Å². The minimum atomic E-state index is -2.82. The van der Waals surface area contributed by atoms with Crippen molar-refractivity contribution < 1.29 is 13.5 Å². The first-order chi connectivity index (χ1) is 8.11. The van der Waals surface area contributed by atoms with Crippen molar-refractivity contribution in [2.24, 2.45) is 11.8 Å². The molecular formula is C12H23NO3S. The van der Waals surface area contributed by atoms with E-state index in [0.717, 1.165) is 26.1 Å². The lowest BCUT2D eigenvalue weighted by molar-refractivity contribution is 0.117. The van der Waals surface area contributed by atoms with E-state index in [1.54, 1.807) is 0 Å². The van der Waals surface area contributed by atoms with Gasteiger partial charge in [0, 0.05) is 13.2 Å². The maximum atomic E-state index is 11.5. The van der Waals surface area contributed by atoms with E-state index in [9.17, 15) is 13.5 Å². The van der Waals surface area contributed by atoms with E-state index in [1.165, 1.54) is 19.3 Å². The summed E-state index contributed by atoms with van der Waals surface area (Å²) in [6.45, 7) is 3.21. The first-order valence-corrected chi connectivity index (χ1v) is 8.46. The van der Waals surface area contributed by atoms with Crippen LogP contribution >= 0.6 is 0 Å². The van der Waals surface area contributed by atoms with Gasteiger partial charge in [0.2, 0.25) is 0 Å². The van der Waals surface area contributed by atoms with Crippen LogP contribution in [0.15, 0.2) is 0 Å². The Morgan fingerprint density at radius 2 is 1.94 bits per heavy atom. The van der Waals surface area contributed by atoms with Crippen molar-refractivity contribution >= 4 is 9.84 Å². The lowest BCUT2D eigenvalue weighted by Crippen LogP contribution is -2.38. The van der Waals surface area contributed by atoms with Crippen LogP contribution in [0.4, 0.5) is 0 Å². The average molecular weight is 261 g/mol. The minimum absolute atomic E-state index is 0.122. The topological polar surface area (TPSA) is 57.6 Å². The second kappa shape index (κ2) is 5.67. The zero-order valence-electron chi connectivity index (χ0n) is 10.3. The van der Waals surface area contributed by atoms with Crippen LogP contribution in [0.3, 0.4) is 0 Å². The molecule has 2 fully saturated rings. The molecule has 0 aromatic heterocycles. The van der Waals surface area contributed by atoms with Gasteiger partial charge in [-0.25, -0.2) is 8.42 Å². The molecule has 2 saturated heterocycles. The Morgan fingerprint density at radius 3 is 2.47 bits per heavy atom. The second-order valence-corrected chi connectivity index (χ2v) is 7.70. The largest absolute Gasteiger partial charge is 0.396 e. The molecule has 0 aliphatic carbocycles. The van der Waals surface area contributed by atoms with E-state index < -0.39 is 9.84 Å². The second-order valence-electron chi connectivity index (χ2n) is 5.47. The summed E-state index contributed by atoms with van der Waals surface area (Å²) in [7, 11) is -2.82. The number of aliphatic hydroxyl groups excluding tert-OH is 1. The van der Waals surface area contributed by atoms with Crippen molar-refractivity contribution in [3.8, 4) is 0 Å². The zero-order chi connectivity index (χ0) is 12.3. The molecule has 2 heterocycles. The third-order valence-electron chi connectivity index (χ3n) is 4.11. The third-order valence-corrected chi connectivity index (χ3v) is 5.90. The van der Waals surface area contributed by atoms with Crippen LogP contribution in [0.25, 0.3) is 0 Å². The van der Waals surface area contributed by atoms with Gasteiger partial charge in [-0.3, -0.25) is 0 Å². The zero-order valence-corrected chi connectivity index (χ0v) is 11.2. The summed E-state index contributed by atoms with van der Waals surface area (Å²) in [6, 6.07) is 0. The maximum Gasteiger partial charge on any atom is 0.150 e. The molecule has 2 aliphatic heterocycles. The molecule has 2 unspecified atom stereocenters. The first kappa shape index (κ1) is 13.3. The quantitative estimate of drug-likeness (QED) is 0.801. The molecule has 0 amide bonds. The average Bonchev–Trinajstić information content (AvgIpc) is 2.68. The lowest BCUT2D eigenvalue weighted by atomic mass is 9.91. The molecule has 100 valence electrons. The van der Waals surface area contributed by atoms with E-state index in [0.29, 0.717) is 5.75 Å². The summed E-state index contributed by atoms with van der Waals surface area (Å²) < 4.78 is 22.9. The van der Waals surface area contributed by atoms with E-state index in [4.69, 9.17) is 0 Å². The summed E-state index contributed by atoms with van der Waals surface area (Å²) in [5, 5.41) is 9.47. The van der Waals surface area contributed by atoms with Crippen molar-refractivity contribution in [3.05, 3.63) is 0 Å². The lowest BCUT2D eigenvalue weighted by Gasteiger charge is -2.31. The Kier molecular flexibility index (Phi) is 4.44. The highest BCUT2D eigenvalue weighted by atomic mass is 32.2. The molecule has 0 saturated carbocycles. The maximum absolute atomic E-state index is 11.5. The molecule has 17 heavy (non-hydrogen) atoms. The van der Waals surface area contributed by atoms with Crippen molar-refractivity contribution in [3.63, 3.8) is 0 Å². The predicted octanol–water partition coefficient (Wildman–Crippen LogP) is 0.515. The molecule has 0 aromatic carbocycles. The van der Waals surface area contributed by atoms with Gasteiger partial charge in [0.15, 0.2) is 9.84 Å². The molecule has 0 aromatic rings. The van der Waals surface area contributed by atoms with Gasteiger partial charge in [-0.05, 0) is 44.2 Å². The number of hydrogen-bond acceptors (Lipinski definition) is 4. The Labute approximate surface area is 104 Å². The fourth-order valence-corrected chi connectivity index (χ4v) is 4.94.